The van der Waals surface area contributed by atoms with Gasteiger partial charge in [0.15, 0.2) is 0 Å². The lowest BCUT2D eigenvalue weighted by Crippen LogP contribution is -2.48. The highest BCUT2D eigenvalue weighted by Crippen LogP contribution is 2.29. The van der Waals surface area contributed by atoms with E-state index in [9.17, 15) is 9.59 Å². The van der Waals surface area contributed by atoms with Crippen LogP contribution in [0.1, 0.15) is 18.6 Å². The van der Waals surface area contributed by atoms with Crippen molar-refractivity contribution in [1.29, 1.82) is 0 Å². The molecule has 0 unspecified atom stereocenters. The lowest BCUT2D eigenvalue weighted by atomic mass is 10.2. The maximum atomic E-state index is 12.8. The van der Waals surface area contributed by atoms with E-state index < -0.39 is 0 Å². The Morgan fingerprint density at radius 3 is 2.88 bits per heavy atom. The molecule has 0 saturated carbocycles. The van der Waals surface area contributed by atoms with Gasteiger partial charge in [-0.1, -0.05) is 19.1 Å². The zero-order valence-corrected chi connectivity index (χ0v) is 14.1. The smallest absolute Gasteiger partial charge is 0.244 e. The van der Waals surface area contributed by atoms with Crippen molar-refractivity contribution in [3.05, 3.63) is 35.9 Å². The second kappa shape index (κ2) is 6.29. The number of hydrogen-bond donors (Lipinski definition) is 1. The third-order valence-electron chi connectivity index (χ3n) is 4.66. The van der Waals surface area contributed by atoms with Gasteiger partial charge in [-0.25, -0.2) is 0 Å². The fourth-order valence-electron chi connectivity index (χ4n) is 3.40. The third-order valence-corrected chi connectivity index (χ3v) is 4.66. The highest BCUT2D eigenvalue weighted by atomic mass is 16.2. The molecule has 2 aliphatic heterocycles. The summed E-state index contributed by atoms with van der Waals surface area (Å²) in [6.07, 6.45) is 0.853. The largest absolute Gasteiger partial charge is 0.323 e. The fourth-order valence-corrected chi connectivity index (χ4v) is 3.40. The van der Waals surface area contributed by atoms with Crippen LogP contribution in [0.2, 0.25) is 0 Å². The molecule has 4 rings (SSSR count). The summed E-state index contributed by atoms with van der Waals surface area (Å²) in [6, 6.07) is 7.37. The number of rotatable bonds is 3. The highest BCUT2D eigenvalue weighted by Gasteiger charge is 2.29. The molecule has 3 heterocycles. The van der Waals surface area contributed by atoms with Gasteiger partial charge in [0.05, 0.1) is 24.5 Å². The average molecular weight is 340 g/mol. The van der Waals surface area contributed by atoms with E-state index in [0.29, 0.717) is 12.2 Å². The normalized spacial score (nSPS) is 17.0. The summed E-state index contributed by atoms with van der Waals surface area (Å²) in [6.45, 7) is 4.53. The number of aromatic nitrogens is 3. The summed E-state index contributed by atoms with van der Waals surface area (Å²) < 4.78 is 2.13. The molecule has 1 aromatic heterocycles. The van der Waals surface area contributed by atoms with Crippen LogP contribution in [0, 0.1) is 0 Å². The summed E-state index contributed by atoms with van der Waals surface area (Å²) in [5.74, 6) is 1.64. The quantitative estimate of drug-likeness (QED) is 0.887. The van der Waals surface area contributed by atoms with Gasteiger partial charge in [-0.3, -0.25) is 19.4 Å². The van der Waals surface area contributed by atoms with Crippen molar-refractivity contribution in [3.63, 3.8) is 0 Å². The Morgan fingerprint density at radius 1 is 1.20 bits per heavy atom. The maximum Gasteiger partial charge on any atom is 0.244 e. The second-order valence-corrected chi connectivity index (χ2v) is 6.29. The molecule has 0 aliphatic carbocycles. The van der Waals surface area contributed by atoms with Gasteiger partial charge in [0.2, 0.25) is 11.8 Å². The van der Waals surface area contributed by atoms with Gasteiger partial charge < -0.3 is 9.88 Å². The van der Waals surface area contributed by atoms with Crippen molar-refractivity contribution in [2.24, 2.45) is 0 Å². The lowest BCUT2D eigenvalue weighted by Gasteiger charge is -2.32. The molecule has 0 saturated heterocycles. The Morgan fingerprint density at radius 2 is 2.04 bits per heavy atom. The molecule has 2 aromatic rings. The van der Waals surface area contributed by atoms with Crippen molar-refractivity contribution in [1.82, 2.24) is 19.7 Å². The molecule has 0 atom stereocenters. The molecule has 2 amide bonds. The van der Waals surface area contributed by atoms with Crippen LogP contribution < -0.4 is 10.2 Å². The predicted molar refractivity (Wildman–Crippen MR) is 92.1 cm³/mol. The number of carbonyl (C=O) groups is 2. The van der Waals surface area contributed by atoms with E-state index in [0.717, 1.165) is 36.8 Å². The Kier molecular flexibility index (Phi) is 3.96. The molecule has 0 radical (unpaired) electrons. The van der Waals surface area contributed by atoms with Gasteiger partial charge in [-0.2, -0.15) is 0 Å². The van der Waals surface area contributed by atoms with E-state index in [-0.39, 0.29) is 24.9 Å². The molecule has 1 aromatic carbocycles. The van der Waals surface area contributed by atoms with Crippen LogP contribution in [-0.2, 0) is 29.1 Å². The van der Waals surface area contributed by atoms with Gasteiger partial charge in [-0.05, 0) is 12.1 Å². The monoisotopic (exact) mass is 340 g/mol. The number of anilines is 2. The summed E-state index contributed by atoms with van der Waals surface area (Å²) in [5.41, 5.74) is 1.43. The Hall–Kier alpha value is -2.74. The molecule has 2 aliphatic rings. The fraction of sp³-hybridized carbons (Fsp3) is 0.412. The average Bonchev–Trinajstić information content (AvgIpc) is 3.03. The number of hydrogen-bond acceptors (Lipinski definition) is 5. The predicted octanol–water partition coefficient (Wildman–Crippen LogP) is 0.641. The van der Waals surface area contributed by atoms with Crippen LogP contribution in [0.4, 0.5) is 11.4 Å². The first-order valence-corrected chi connectivity index (χ1v) is 8.48. The van der Waals surface area contributed by atoms with Crippen LogP contribution in [0.25, 0.3) is 0 Å². The van der Waals surface area contributed by atoms with Gasteiger partial charge >= 0.3 is 0 Å². The zero-order chi connectivity index (χ0) is 17.4. The van der Waals surface area contributed by atoms with Gasteiger partial charge in [-0.15, -0.1) is 10.2 Å². The number of nitrogens with zero attached hydrogens (tertiary/aromatic N) is 5. The van der Waals surface area contributed by atoms with Crippen LogP contribution in [0.5, 0.6) is 0 Å². The van der Waals surface area contributed by atoms with Crippen molar-refractivity contribution in [2.75, 3.05) is 29.9 Å². The number of para-hydroxylation sites is 2. The van der Waals surface area contributed by atoms with Crippen LogP contribution in [0.15, 0.2) is 24.3 Å². The maximum absolute atomic E-state index is 12.8. The number of benzene rings is 1. The molecular formula is C17H20N6O2. The molecule has 8 heteroatoms. The number of aryl methyl sites for hydroxylation is 1. The first-order chi connectivity index (χ1) is 12.2. The number of carbonyl (C=O) groups excluding carboxylic acids is 2. The number of fused-ring (bicyclic) bond motifs is 2. The van der Waals surface area contributed by atoms with Crippen molar-refractivity contribution in [2.45, 2.75) is 26.4 Å². The Labute approximate surface area is 145 Å². The summed E-state index contributed by atoms with van der Waals surface area (Å²) >= 11 is 0. The van der Waals surface area contributed by atoms with Crippen LogP contribution in [0.3, 0.4) is 0 Å². The molecule has 1 N–H and O–H groups in total. The van der Waals surface area contributed by atoms with Gasteiger partial charge in [0.25, 0.3) is 0 Å². The topological polar surface area (TPSA) is 83.4 Å². The first-order valence-electron chi connectivity index (χ1n) is 8.48. The van der Waals surface area contributed by atoms with E-state index in [1.54, 1.807) is 4.90 Å². The minimum atomic E-state index is -0.168. The highest BCUT2D eigenvalue weighted by molar-refractivity contribution is 6.10. The molecule has 130 valence electrons. The number of nitrogens with one attached hydrogen (secondary N) is 1. The van der Waals surface area contributed by atoms with E-state index >= 15 is 0 Å². The van der Waals surface area contributed by atoms with Crippen molar-refractivity contribution in [3.8, 4) is 0 Å². The number of amides is 2. The standard InChI is InChI=1S/C17H20N6O2/c1-2-14-19-20-15-9-21(7-8-22(14)15)11-17(25)23-10-16(24)18-12-5-3-4-6-13(12)23/h3-6H,2,7-11H2,1H3,(H,18,24). The van der Waals surface area contributed by atoms with E-state index in [1.165, 1.54) is 0 Å². The minimum Gasteiger partial charge on any atom is -0.323 e. The van der Waals surface area contributed by atoms with Crippen LogP contribution >= 0.6 is 0 Å². The molecule has 0 bridgehead atoms. The second-order valence-electron chi connectivity index (χ2n) is 6.29. The molecule has 0 spiro atoms. The summed E-state index contributed by atoms with van der Waals surface area (Å²) in [7, 11) is 0. The molecular weight excluding hydrogens is 320 g/mol. The zero-order valence-electron chi connectivity index (χ0n) is 14.1. The van der Waals surface area contributed by atoms with Crippen LogP contribution in [-0.4, -0.2) is 51.1 Å². The van der Waals surface area contributed by atoms with E-state index in [4.69, 9.17) is 0 Å². The van der Waals surface area contributed by atoms with Gasteiger partial charge in [0, 0.05) is 19.5 Å². The Bertz CT molecular complexity index is 830. The first kappa shape index (κ1) is 15.8. The molecule has 25 heavy (non-hydrogen) atoms. The summed E-state index contributed by atoms with van der Waals surface area (Å²) in [4.78, 5) is 28.3. The third kappa shape index (κ3) is 2.89. The van der Waals surface area contributed by atoms with E-state index in [2.05, 4.69) is 31.9 Å². The molecule has 0 fully saturated rings. The van der Waals surface area contributed by atoms with E-state index in [1.807, 2.05) is 24.3 Å². The molecule has 8 nitrogen and oxygen atoms in total. The minimum absolute atomic E-state index is 0.0554. The van der Waals surface area contributed by atoms with Crippen molar-refractivity contribution >= 4 is 23.2 Å². The lowest BCUT2D eigenvalue weighted by molar-refractivity contribution is -0.123. The Balaban J connectivity index is 1.49. The summed E-state index contributed by atoms with van der Waals surface area (Å²) in [5, 5.41) is 11.2. The van der Waals surface area contributed by atoms with Gasteiger partial charge in [0.1, 0.15) is 18.2 Å². The van der Waals surface area contributed by atoms with Crippen molar-refractivity contribution < 1.29 is 9.59 Å². The SMILES string of the molecule is CCc1nnc2n1CCN(CC(=O)N1CC(=O)Nc3ccccc31)C2.